The van der Waals surface area contributed by atoms with Crippen molar-refractivity contribution in [3.05, 3.63) is 57.0 Å². The number of anilines is 2. The number of thiocarbonyl (C=S) groups is 1. The van der Waals surface area contributed by atoms with Crippen molar-refractivity contribution in [1.29, 1.82) is 0 Å². The molecule has 0 atom stereocenters. The third-order valence-corrected chi connectivity index (χ3v) is 4.11. The van der Waals surface area contributed by atoms with Gasteiger partial charge in [-0.05, 0) is 42.8 Å². The average Bonchev–Trinajstić information content (AvgIpc) is 2.33. The molecule has 0 aliphatic heterocycles. The molecule has 2 nitrogen and oxygen atoms in total. The number of aryl methyl sites for hydroxylation is 1. The van der Waals surface area contributed by atoms with Gasteiger partial charge in [-0.2, -0.15) is 0 Å². The number of nitrogens with two attached hydrogens (primary N) is 1. The van der Waals surface area contributed by atoms with E-state index in [-0.39, 0.29) is 4.99 Å². The van der Waals surface area contributed by atoms with Crippen LogP contribution in [0.25, 0.3) is 0 Å². The van der Waals surface area contributed by atoms with E-state index < -0.39 is 0 Å². The Bertz CT molecular complexity index is 643. The van der Waals surface area contributed by atoms with E-state index in [9.17, 15) is 0 Å². The predicted octanol–water partition coefficient (Wildman–Crippen LogP) is 4.79. The zero-order chi connectivity index (χ0) is 14.0. The number of hydrogen-bond acceptors (Lipinski definition) is 2. The standard InChI is InChI=1S/C14H12BrClN2S/c1-8-7-9(5-6-10(8)15)18-12-4-2-3-11(16)13(12)14(17)19/h2-7,18H,1H3,(H2,17,19). The van der Waals surface area contributed by atoms with E-state index in [0.29, 0.717) is 10.6 Å². The van der Waals surface area contributed by atoms with Crippen molar-refractivity contribution < 1.29 is 0 Å². The van der Waals surface area contributed by atoms with Crippen LogP contribution in [0, 0.1) is 6.92 Å². The molecular formula is C14H12BrClN2S. The van der Waals surface area contributed by atoms with Crippen LogP contribution in [0.15, 0.2) is 40.9 Å². The van der Waals surface area contributed by atoms with Crippen LogP contribution in [0.2, 0.25) is 5.02 Å². The summed E-state index contributed by atoms with van der Waals surface area (Å²) in [7, 11) is 0. The lowest BCUT2D eigenvalue weighted by Gasteiger charge is -2.13. The van der Waals surface area contributed by atoms with Crippen LogP contribution in [0.3, 0.4) is 0 Å². The molecule has 19 heavy (non-hydrogen) atoms. The Balaban J connectivity index is 2.40. The highest BCUT2D eigenvalue weighted by Gasteiger charge is 2.10. The van der Waals surface area contributed by atoms with E-state index in [1.807, 2.05) is 37.3 Å². The third-order valence-electron chi connectivity index (χ3n) is 2.70. The number of nitrogens with one attached hydrogen (secondary N) is 1. The molecular weight excluding hydrogens is 344 g/mol. The fourth-order valence-corrected chi connectivity index (χ4v) is 2.56. The second kappa shape index (κ2) is 5.90. The summed E-state index contributed by atoms with van der Waals surface area (Å²) in [4.78, 5) is 0.280. The number of benzene rings is 2. The molecule has 2 rings (SSSR count). The van der Waals surface area contributed by atoms with E-state index in [0.717, 1.165) is 21.4 Å². The molecule has 98 valence electrons. The van der Waals surface area contributed by atoms with Crippen LogP contribution in [0.1, 0.15) is 11.1 Å². The van der Waals surface area contributed by atoms with Crippen molar-refractivity contribution in [2.75, 3.05) is 5.32 Å². The molecule has 0 unspecified atom stereocenters. The highest BCUT2D eigenvalue weighted by atomic mass is 79.9. The Hall–Kier alpha value is -1.10. The zero-order valence-corrected chi connectivity index (χ0v) is 13.4. The number of halogens is 2. The Morgan fingerprint density at radius 3 is 2.68 bits per heavy atom. The van der Waals surface area contributed by atoms with Gasteiger partial charge in [0.25, 0.3) is 0 Å². The molecule has 2 aromatic rings. The van der Waals surface area contributed by atoms with Gasteiger partial charge in [-0.15, -0.1) is 0 Å². The second-order valence-corrected chi connectivity index (χ2v) is 5.82. The van der Waals surface area contributed by atoms with Gasteiger partial charge in [0, 0.05) is 10.2 Å². The Kier molecular flexibility index (Phi) is 4.45. The Morgan fingerprint density at radius 1 is 1.32 bits per heavy atom. The highest BCUT2D eigenvalue weighted by Crippen LogP contribution is 2.28. The van der Waals surface area contributed by atoms with Gasteiger partial charge >= 0.3 is 0 Å². The molecule has 3 N–H and O–H groups in total. The first-order valence-corrected chi connectivity index (χ1v) is 7.18. The molecule has 2 aromatic carbocycles. The molecule has 0 amide bonds. The van der Waals surface area contributed by atoms with E-state index in [2.05, 4.69) is 21.2 Å². The van der Waals surface area contributed by atoms with Gasteiger partial charge in [-0.3, -0.25) is 0 Å². The van der Waals surface area contributed by atoms with Crippen LogP contribution in [0.5, 0.6) is 0 Å². The maximum atomic E-state index is 6.13. The lowest BCUT2D eigenvalue weighted by Crippen LogP contribution is -2.12. The lowest BCUT2D eigenvalue weighted by atomic mass is 10.1. The first kappa shape index (κ1) is 14.3. The van der Waals surface area contributed by atoms with Gasteiger partial charge < -0.3 is 11.1 Å². The van der Waals surface area contributed by atoms with E-state index in [1.54, 1.807) is 6.07 Å². The number of rotatable bonds is 3. The number of hydrogen-bond donors (Lipinski definition) is 2. The summed E-state index contributed by atoms with van der Waals surface area (Å²) in [5.41, 5.74) is 9.30. The van der Waals surface area contributed by atoms with Crippen molar-refractivity contribution in [2.24, 2.45) is 5.73 Å². The molecule has 0 fully saturated rings. The SMILES string of the molecule is Cc1cc(Nc2cccc(Cl)c2C(N)=S)ccc1Br. The smallest absolute Gasteiger partial charge is 0.107 e. The molecule has 0 aliphatic rings. The monoisotopic (exact) mass is 354 g/mol. The van der Waals surface area contributed by atoms with Crippen molar-refractivity contribution in [3.63, 3.8) is 0 Å². The maximum absolute atomic E-state index is 6.13. The largest absolute Gasteiger partial charge is 0.389 e. The molecule has 0 saturated carbocycles. The van der Waals surface area contributed by atoms with E-state index in [4.69, 9.17) is 29.6 Å². The molecule has 0 saturated heterocycles. The van der Waals surface area contributed by atoms with Crippen molar-refractivity contribution in [2.45, 2.75) is 6.92 Å². The maximum Gasteiger partial charge on any atom is 0.107 e. The van der Waals surface area contributed by atoms with Gasteiger partial charge in [-0.25, -0.2) is 0 Å². The van der Waals surface area contributed by atoms with Crippen LogP contribution in [-0.4, -0.2) is 4.99 Å². The molecule has 5 heteroatoms. The highest BCUT2D eigenvalue weighted by molar-refractivity contribution is 9.10. The Labute approximate surface area is 131 Å². The summed E-state index contributed by atoms with van der Waals surface area (Å²) >= 11 is 14.7. The fraction of sp³-hybridized carbons (Fsp3) is 0.0714. The second-order valence-electron chi connectivity index (χ2n) is 4.12. The molecule has 0 heterocycles. The summed E-state index contributed by atoms with van der Waals surface area (Å²) in [6.07, 6.45) is 0. The zero-order valence-electron chi connectivity index (χ0n) is 10.2. The summed E-state index contributed by atoms with van der Waals surface area (Å²) in [6, 6.07) is 11.5. The minimum absolute atomic E-state index is 0.280. The first-order valence-electron chi connectivity index (χ1n) is 5.60. The van der Waals surface area contributed by atoms with E-state index >= 15 is 0 Å². The molecule has 0 spiro atoms. The average molecular weight is 356 g/mol. The lowest BCUT2D eigenvalue weighted by molar-refractivity contribution is 1.41. The van der Waals surface area contributed by atoms with E-state index in [1.165, 1.54) is 0 Å². The quantitative estimate of drug-likeness (QED) is 0.778. The topological polar surface area (TPSA) is 38.0 Å². The summed E-state index contributed by atoms with van der Waals surface area (Å²) in [6.45, 7) is 2.03. The molecule has 0 bridgehead atoms. The van der Waals surface area contributed by atoms with Gasteiger partial charge in [0.15, 0.2) is 0 Å². The summed E-state index contributed by atoms with van der Waals surface area (Å²) < 4.78 is 1.07. The van der Waals surface area contributed by atoms with Crippen LogP contribution in [0.4, 0.5) is 11.4 Å². The van der Waals surface area contributed by atoms with Gasteiger partial charge in [0.05, 0.1) is 16.3 Å². The predicted molar refractivity (Wildman–Crippen MR) is 89.5 cm³/mol. The van der Waals surface area contributed by atoms with Crippen molar-refractivity contribution in [3.8, 4) is 0 Å². The van der Waals surface area contributed by atoms with Gasteiger partial charge in [-0.1, -0.05) is 45.8 Å². The normalized spacial score (nSPS) is 10.3. The minimum Gasteiger partial charge on any atom is -0.389 e. The van der Waals surface area contributed by atoms with Crippen molar-refractivity contribution >= 4 is 56.1 Å². The molecule has 0 radical (unpaired) electrons. The van der Waals surface area contributed by atoms with Crippen LogP contribution < -0.4 is 11.1 Å². The van der Waals surface area contributed by atoms with Crippen LogP contribution in [-0.2, 0) is 0 Å². The van der Waals surface area contributed by atoms with Gasteiger partial charge in [0.2, 0.25) is 0 Å². The fourth-order valence-electron chi connectivity index (χ4n) is 1.76. The van der Waals surface area contributed by atoms with Gasteiger partial charge in [0.1, 0.15) is 4.99 Å². The molecule has 0 aliphatic carbocycles. The summed E-state index contributed by atoms with van der Waals surface area (Å²) in [5.74, 6) is 0. The van der Waals surface area contributed by atoms with Crippen molar-refractivity contribution in [1.82, 2.24) is 0 Å². The minimum atomic E-state index is 0.280. The Morgan fingerprint density at radius 2 is 2.05 bits per heavy atom. The first-order chi connectivity index (χ1) is 8.99. The molecule has 0 aromatic heterocycles. The summed E-state index contributed by atoms with van der Waals surface area (Å²) in [5, 5.41) is 3.84. The third kappa shape index (κ3) is 3.26. The van der Waals surface area contributed by atoms with Crippen LogP contribution >= 0.6 is 39.7 Å².